The number of carbonyl (C=O) groups excluding carboxylic acids is 1. The summed E-state index contributed by atoms with van der Waals surface area (Å²) in [6.45, 7) is 6.25. The molecule has 0 aromatic heterocycles. The number of ether oxygens (including phenoxy) is 1. The highest BCUT2D eigenvalue weighted by Crippen LogP contribution is 2.21. The molecule has 1 aliphatic heterocycles. The molecule has 1 heterocycles. The minimum Gasteiger partial charge on any atom is -0.370 e. The number of quaternary nitrogens is 1. The first-order valence-electron chi connectivity index (χ1n) is 9.66. The number of thioether (sulfide) groups is 1. The van der Waals surface area contributed by atoms with Crippen molar-refractivity contribution >= 4 is 23.4 Å². The molecule has 1 saturated heterocycles. The first-order valence-corrected chi connectivity index (χ1v) is 10.6. The molecule has 2 aromatic carbocycles. The molecule has 0 spiro atoms. The molecule has 1 amide bonds. The van der Waals surface area contributed by atoms with Crippen LogP contribution in [0.25, 0.3) is 0 Å². The summed E-state index contributed by atoms with van der Waals surface area (Å²) in [6.07, 6.45) is 0. The fourth-order valence-electron chi connectivity index (χ4n) is 3.25. The standard InChI is InChI=1S/C21H25N3O4S/c1-16-2-4-17(5-3-16)20(14-23-10-12-28-13-11-23)22-21(25)15-29-19-8-6-18(7-9-19)24(26)27/h2-9,20H,10-15H2,1H3,(H,22,25)/p+1/t20-/m0/s1. The Labute approximate surface area is 174 Å². The molecule has 7 nitrogen and oxygen atoms in total. The normalized spacial score (nSPS) is 15.6. The van der Waals surface area contributed by atoms with E-state index in [1.165, 1.54) is 34.4 Å². The second-order valence-electron chi connectivity index (χ2n) is 7.14. The molecule has 2 N–H and O–H groups in total. The van der Waals surface area contributed by atoms with E-state index in [1.807, 2.05) is 6.92 Å². The van der Waals surface area contributed by atoms with Crippen LogP contribution in [0.4, 0.5) is 5.69 Å². The molecule has 0 bridgehead atoms. The number of amides is 1. The third-order valence-electron chi connectivity index (χ3n) is 4.93. The van der Waals surface area contributed by atoms with E-state index in [1.54, 1.807) is 12.1 Å². The first kappa shape index (κ1) is 21.3. The maximum atomic E-state index is 12.6. The average Bonchev–Trinajstić information content (AvgIpc) is 2.73. The van der Waals surface area contributed by atoms with Crippen LogP contribution in [0.2, 0.25) is 0 Å². The zero-order chi connectivity index (χ0) is 20.6. The van der Waals surface area contributed by atoms with E-state index in [0.717, 1.165) is 43.3 Å². The lowest BCUT2D eigenvalue weighted by molar-refractivity contribution is -0.909. The largest absolute Gasteiger partial charge is 0.370 e. The molecular weight excluding hydrogens is 390 g/mol. The van der Waals surface area contributed by atoms with Gasteiger partial charge in [0.1, 0.15) is 25.7 Å². The van der Waals surface area contributed by atoms with Gasteiger partial charge in [0.05, 0.1) is 23.9 Å². The summed E-state index contributed by atoms with van der Waals surface area (Å²) < 4.78 is 5.44. The zero-order valence-corrected chi connectivity index (χ0v) is 17.2. The van der Waals surface area contributed by atoms with Crippen LogP contribution in [0, 0.1) is 17.0 Å². The van der Waals surface area contributed by atoms with Gasteiger partial charge >= 0.3 is 0 Å². The van der Waals surface area contributed by atoms with Crippen LogP contribution in [-0.2, 0) is 9.53 Å². The van der Waals surface area contributed by atoms with Crippen LogP contribution in [0.15, 0.2) is 53.4 Å². The molecule has 1 fully saturated rings. The van der Waals surface area contributed by atoms with Crippen LogP contribution in [0.3, 0.4) is 0 Å². The highest BCUT2D eigenvalue weighted by Gasteiger charge is 2.23. The Morgan fingerprint density at radius 1 is 1.17 bits per heavy atom. The molecular formula is C21H26N3O4S+. The molecule has 0 unspecified atom stereocenters. The van der Waals surface area contributed by atoms with Crippen molar-refractivity contribution in [2.75, 3.05) is 38.6 Å². The monoisotopic (exact) mass is 416 g/mol. The third-order valence-corrected chi connectivity index (χ3v) is 5.94. The van der Waals surface area contributed by atoms with Gasteiger partial charge in [0.2, 0.25) is 5.91 Å². The molecule has 0 aliphatic carbocycles. The fourth-order valence-corrected chi connectivity index (χ4v) is 3.96. The van der Waals surface area contributed by atoms with Crippen molar-refractivity contribution in [3.05, 3.63) is 69.8 Å². The summed E-state index contributed by atoms with van der Waals surface area (Å²) in [5.74, 6) is 0.213. The summed E-state index contributed by atoms with van der Waals surface area (Å²) >= 11 is 1.37. The Morgan fingerprint density at radius 3 is 2.45 bits per heavy atom. The van der Waals surface area contributed by atoms with E-state index in [-0.39, 0.29) is 23.4 Å². The Balaban J connectivity index is 1.60. The van der Waals surface area contributed by atoms with Crippen molar-refractivity contribution in [3.8, 4) is 0 Å². The number of non-ortho nitro benzene ring substituents is 1. The Hall–Kier alpha value is -2.42. The lowest BCUT2D eigenvalue weighted by Crippen LogP contribution is -3.14. The summed E-state index contributed by atoms with van der Waals surface area (Å²) in [7, 11) is 0. The number of nitro groups is 1. The zero-order valence-electron chi connectivity index (χ0n) is 16.4. The second-order valence-corrected chi connectivity index (χ2v) is 8.19. The molecule has 0 saturated carbocycles. The highest BCUT2D eigenvalue weighted by molar-refractivity contribution is 8.00. The first-order chi connectivity index (χ1) is 14.0. The number of aryl methyl sites for hydroxylation is 1. The van der Waals surface area contributed by atoms with Gasteiger partial charge < -0.3 is 15.0 Å². The lowest BCUT2D eigenvalue weighted by Gasteiger charge is -2.28. The number of benzene rings is 2. The highest BCUT2D eigenvalue weighted by atomic mass is 32.2. The number of morpholine rings is 1. The quantitative estimate of drug-likeness (QED) is 0.389. The summed E-state index contributed by atoms with van der Waals surface area (Å²) in [5, 5.41) is 13.9. The topological polar surface area (TPSA) is 85.9 Å². The minimum absolute atomic E-state index is 0.0479. The SMILES string of the molecule is Cc1ccc([C@H](C[NH+]2CCOCC2)NC(=O)CSc2ccc([N+](=O)[O-])cc2)cc1. The van der Waals surface area contributed by atoms with Gasteiger partial charge in [0.15, 0.2) is 0 Å². The maximum absolute atomic E-state index is 12.6. The van der Waals surface area contributed by atoms with E-state index in [0.29, 0.717) is 0 Å². The van der Waals surface area contributed by atoms with E-state index >= 15 is 0 Å². The number of nitro benzene ring substituents is 1. The predicted octanol–water partition coefficient (Wildman–Crippen LogP) is 1.77. The number of rotatable bonds is 8. The van der Waals surface area contributed by atoms with Crippen molar-refractivity contribution in [1.29, 1.82) is 0 Å². The molecule has 154 valence electrons. The predicted molar refractivity (Wildman–Crippen MR) is 112 cm³/mol. The van der Waals surface area contributed by atoms with Crippen molar-refractivity contribution in [1.82, 2.24) is 5.32 Å². The summed E-state index contributed by atoms with van der Waals surface area (Å²) in [6, 6.07) is 14.5. The second kappa shape index (κ2) is 10.4. The van der Waals surface area contributed by atoms with Crippen LogP contribution in [0.1, 0.15) is 17.2 Å². The van der Waals surface area contributed by atoms with Gasteiger partial charge in [-0.2, -0.15) is 0 Å². The van der Waals surface area contributed by atoms with Crippen LogP contribution in [0.5, 0.6) is 0 Å². The number of hydrogen-bond donors (Lipinski definition) is 2. The molecule has 29 heavy (non-hydrogen) atoms. The number of nitrogens with one attached hydrogen (secondary N) is 2. The molecule has 2 aromatic rings. The summed E-state index contributed by atoms with van der Waals surface area (Å²) in [4.78, 5) is 25.2. The maximum Gasteiger partial charge on any atom is 0.269 e. The van der Waals surface area contributed by atoms with E-state index in [4.69, 9.17) is 4.74 Å². The fraction of sp³-hybridized carbons (Fsp3) is 0.381. The minimum atomic E-state index is -0.429. The molecule has 3 rings (SSSR count). The van der Waals surface area contributed by atoms with Gasteiger partial charge in [0, 0.05) is 17.0 Å². The van der Waals surface area contributed by atoms with Crippen LogP contribution < -0.4 is 10.2 Å². The Morgan fingerprint density at radius 2 is 1.83 bits per heavy atom. The van der Waals surface area contributed by atoms with Crippen LogP contribution >= 0.6 is 11.8 Å². The van der Waals surface area contributed by atoms with Gasteiger partial charge in [-0.3, -0.25) is 14.9 Å². The van der Waals surface area contributed by atoms with Crippen LogP contribution in [-0.4, -0.2) is 49.4 Å². The number of carbonyl (C=O) groups is 1. The van der Waals surface area contributed by atoms with Gasteiger partial charge in [-0.15, -0.1) is 11.8 Å². The Kier molecular flexibility index (Phi) is 7.62. The van der Waals surface area contributed by atoms with Crippen molar-refractivity contribution in [3.63, 3.8) is 0 Å². The molecule has 1 aliphatic rings. The molecule has 0 radical (unpaired) electrons. The number of hydrogen-bond acceptors (Lipinski definition) is 5. The van der Waals surface area contributed by atoms with Gasteiger partial charge in [0.25, 0.3) is 5.69 Å². The van der Waals surface area contributed by atoms with Gasteiger partial charge in [-0.05, 0) is 24.6 Å². The summed E-state index contributed by atoms with van der Waals surface area (Å²) in [5.41, 5.74) is 2.33. The van der Waals surface area contributed by atoms with Gasteiger partial charge in [-0.25, -0.2) is 0 Å². The lowest BCUT2D eigenvalue weighted by atomic mass is 10.0. The van der Waals surface area contributed by atoms with Crippen molar-refractivity contribution in [2.24, 2.45) is 0 Å². The van der Waals surface area contributed by atoms with E-state index in [2.05, 4.69) is 29.6 Å². The van der Waals surface area contributed by atoms with Crippen molar-refractivity contribution < 1.29 is 19.4 Å². The smallest absolute Gasteiger partial charge is 0.269 e. The average molecular weight is 417 g/mol. The Bertz CT molecular complexity index is 821. The van der Waals surface area contributed by atoms with Gasteiger partial charge in [-0.1, -0.05) is 29.8 Å². The molecule has 8 heteroatoms. The molecule has 1 atom stereocenters. The third kappa shape index (κ3) is 6.56. The number of nitrogens with zero attached hydrogens (tertiary/aromatic N) is 1. The van der Waals surface area contributed by atoms with E-state index < -0.39 is 4.92 Å². The van der Waals surface area contributed by atoms with Crippen molar-refractivity contribution in [2.45, 2.75) is 17.9 Å². The van der Waals surface area contributed by atoms with E-state index in [9.17, 15) is 14.9 Å².